The van der Waals surface area contributed by atoms with Gasteiger partial charge in [-0.1, -0.05) is 18.2 Å². The van der Waals surface area contributed by atoms with E-state index in [-0.39, 0.29) is 6.04 Å². The fraction of sp³-hybridized carbons (Fsp3) is 0.235. The topological polar surface area (TPSA) is 41.3 Å². The molecule has 0 radical (unpaired) electrons. The van der Waals surface area contributed by atoms with Crippen LogP contribution in [0.3, 0.4) is 0 Å². The van der Waals surface area contributed by atoms with Crippen LogP contribution in [0, 0.1) is 0 Å². The Labute approximate surface area is 124 Å². The van der Waals surface area contributed by atoms with Crippen molar-refractivity contribution in [2.75, 3.05) is 24.3 Å². The molecule has 0 bridgehead atoms. The van der Waals surface area contributed by atoms with Crippen LogP contribution in [0.5, 0.6) is 0 Å². The summed E-state index contributed by atoms with van der Waals surface area (Å²) in [5.41, 5.74) is 1.91. The summed E-state index contributed by atoms with van der Waals surface area (Å²) < 4.78 is 5.91. The zero-order valence-electron chi connectivity index (χ0n) is 12.5. The molecule has 1 aromatic carbocycles. The molecule has 2 heterocycles. The van der Waals surface area contributed by atoms with Crippen LogP contribution in [0.25, 0.3) is 11.0 Å². The lowest BCUT2D eigenvalue weighted by Gasteiger charge is -2.19. The van der Waals surface area contributed by atoms with Gasteiger partial charge in [0.1, 0.15) is 11.3 Å². The zero-order valence-corrected chi connectivity index (χ0v) is 12.5. The van der Waals surface area contributed by atoms with Gasteiger partial charge < -0.3 is 14.6 Å². The molecule has 1 N–H and O–H groups in total. The van der Waals surface area contributed by atoms with Gasteiger partial charge in [-0.25, -0.2) is 4.98 Å². The minimum Gasteiger partial charge on any atom is -0.459 e. The number of pyridine rings is 1. The molecule has 4 nitrogen and oxygen atoms in total. The number of nitrogens with one attached hydrogen (secondary N) is 1. The van der Waals surface area contributed by atoms with Crippen LogP contribution in [0.1, 0.15) is 18.7 Å². The van der Waals surface area contributed by atoms with E-state index in [4.69, 9.17) is 4.42 Å². The second-order valence-electron chi connectivity index (χ2n) is 5.32. The molecule has 3 rings (SSSR count). The third-order valence-electron chi connectivity index (χ3n) is 3.45. The molecule has 108 valence electrons. The van der Waals surface area contributed by atoms with Gasteiger partial charge in [0.05, 0.1) is 11.7 Å². The van der Waals surface area contributed by atoms with E-state index in [1.807, 2.05) is 49.3 Å². The van der Waals surface area contributed by atoms with E-state index in [0.717, 1.165) is 28.2 Å². The maximum Gasteiger partial charge on any atom is 0.151 e. The molecule has 4 heteroatoms. The first-order valence-electron chi connectivity index (χ1n) is 7.02. The quantitative estimate of drug-likeness (QED) is 0.782. The predicted molar refractivity (Wildman–Crippen MR) is 86.8 cm³/mol. The molecule has 0 aliphatic rings. The molecule has 0 saturated heterocycles. The average molecular weight is 281 g/mol. The van der Waals surface area contributed by atoms with Crippen molar-refractivity contribution in [2.24, 2.45) is 0 Å². The third kappa shape index (κ3) is 2.70. The predicted octanol–water partition coefficient (Wildman–Crippen LogP) is 4.07. The molecule has 0 amide bonds. The molecule has 1 unspecified atom stereocenters. The van der Waals surface area contributed by atoms with Gasteiger partial charge in [0.2, 0.25) is 0 Å². The molecule has 0 spiro atoms. The zero-order chi connectivity index (χ0) is 14.8. The lowest BCUT2D eigenvalue weighted by atomic mass is 10.2. The molecular weight excluding hydrogens is 262 g/mol. The van der Waals surface area contributed by atoms with E-state index < -0.39 is 0 Å². The smallest absolute Gasteiger partial charge is 0.151 e. The Morgan fingerprint density at radius 1 is 1.14 bits per heavy atom. The first kappa shape index (κ1) is 13.5. The van der Waals surface area contributed by atoms with Gasteiger partial charge in [0.25, 0.3) is 0 Å². The molecule has 1 atom stereocenters. The number of hydrogen-bond donors (Lipinski definition) is 1. The number of anilines is 2. The lowest BCUT2D eigenvalue weighted by molar-refractivity contribution is 0.526. The molecular formula is C17H19N3O. The van der Waals surface area contributed by atoms with Gasteiger partial charge in [0.15, 0.2) is 5.82 Å². The highest BCUT2D eigenvalue weighted by Gasteiger charge is 2.14. The molecule has 0 aliphatic heterocycles. The molecule has 0 fully saturated rings. The Bertz CT molecular complexity index is 715. The summed E-state index contributed by atoms with van der Waals surface area (Å²) in [4.78, 5) is 6.39. The minimum absolute atomic E-state index is 0.0697. The Kier molecular flexibility index (Phi) is 3.52. The first-order valence-corrected chi connectivity index (χ1v) is 7.02. The summed E-state index contributed by atoms with van der Waals surface area (Å²) in [5, 5.41) is 4.60. The Morgan fingerprint density at radius 3 is 2.71 bits per heavy atom. The van der Waals surface area contributed by atoms with Crippen LogP contribution < -0.4 is 10.2 Å². The van der Waals surface area contributed by atoms with Crippen molar-refractivity contribution in [1.29, 1.82) is 0 Å². The summed E-state index contributed by atoms with van der Waals surface area (Å²) >= 11 is 0. The van der Waals surface area contributed by atoms with E-state index in [1.165, 1.54) is 0 Å². The van der Waals surface area contributed by atoms with E-state index in [1.54, 1.807) is 6.20 Å². The van der Waals surface area contributed by atoms with Gasteiger partial charge in [-0.05, 0) is 31.2 Å². The minimum atomic E-state index is 0.0697. The molecule has 21 heavy (non-hydrogen) atoms. The van der Waals surface area contributed by atoms with E-state index in [0.29, 0.717) is 0 Å². The fourth-order valence-corrected chi connectivity index (χ4v) is 2.39. The van der Waals surface area contributed by atoms with Crippen molar-refractivity contribution in [3.8, 4) is 0 Å². The second-order valence-corrected chi connectivity index (χ2v) is 5.32. The first-order chi connectivity index (χ1) is 10.1. The van der Waals surface area contributed by atoms with E-state index in [9.17, 15) is 0 Å². The van der Waals surface area contributed by atoms with Gasteiger partial charge in [-0.3, -0.25) is 0 Å². The van der Waals surface area contributed by atoms with Crippen LogP contribution in [-0.4, -0.2) is 19.1 Å². The van der Waals surface area contributed by atoms with Gasteiger partial charge >= 0.3 is 0 Å². The number of furan rings is 1. The number of nitrogens with zero attached hydrogens (tertiary/aromatic N) is 2. The normalized spacial score (nSPS) is 12.3. The summed E-state index contributed by atoms with van der Waals surface area (Å²) in [5.74, 6) is 1.84. The summed E-state index contributed by atoms with van der Waals surface area (Å²) in [6, 6.07) is 14.2. The molecule has 0 saturated carbocycles. The lowest BCUT2D eigenvalue weighted by Crippen LogP contribution is -2.15. The molecule has 2 aromatic heterocycles. The summed E-state index contributed by atoms with van der Waals surface area (Å²) in [6.45, 7) is 2.09. The largest absolute Gasteiger partial charge is 0.459 e. The fourth-order valence-electron chi connectivity index (χ4n) is 2.39. The van der Waals surface area contributed by atoms with E-state index in [2.05, 4.69) is 29.4 Å². The maximum atomic E-state index is 5.91. The van der Waals surface area contributed by atoms with Gasteiger partial charge in [0, 0.05) is 25.7 Å². The number of rotatable bonds is 4. The van der Waals surface area contributed by atoms with Crippen molar-refractivity contribution in [3.05, 3.63) is 54.4 Å². The molecule has 0 aliphatic carbocycles. The number of fused-ring (bicyclic) bond motifs is 1. The Balaban J connectivity index is 1.87. The third-order valence-corrected chi connectivity index (χ3v) is 3.45. The number of hydrogen-bond acceptors (Lipinski definition) is 4. The Morgan fingerprint density at radius 2 is 1.95 bits per heavy atom. The van der Waals surface area contributed by atoms with Crippen LogP contribution in [0.15, 0.2) is 53.1 Å². The Hall–Kier alpha value is -2.49. The monoisotopic (exact) mass is 281 g/mol. The highest BCUT2D eigenvalue weighted by atomic mass is 16.3. The van der Waals surface area contributed by atoms with Crippen molar-refractivity contribution in [2.45, 2.75) is 13.0 Å². The molecule has 3 aromatic rings. The van der Waals surface area contributed by atoms with Crippen LogP contribution in [-0.2, 0) is 0 Å². The number of para-hydroxylation sites is 1. The van der Waals surface area contributed by atoms with Crippen molar-refractivity contribution < 1.29 is 4.42 Å². The van der Waals surface area contributed by atoms with Crippen LogP contribution in [0.2, 0.25) is 0 Å². The van der Waals surface area contributed by atoms with E-state index >= 15 is 0 Å². The average Bonchev–Trinajstić information content (AvgIpc) is 2.91. The highest BCUT2D eigenvalue weighted by Crippen LogP contribution is 2.29. The van der Waals surface area contributed by atoms with Gasteiger partial charge in [-0.2, -0.15) is 0 Å². The standard InChI is InChI=1S/C17H19N3O/c1-12(16-11-13-7-4-5-9-15(13)21-16)19-14-8-6-10-18-17(14)20(2)3/h4-12,19H,1-3H3. The SMILES string of the molecule is CC(Nc1cccnc1N(C)C)c1cc2ccccc2o1. The summed E-state index contributed by atoms with van der Waals surface area (Å²) in [6.07, 6.45) is 1.80. The van der Waals surface area contributed by atoms with Crippen LogP contribution >= 0.6 is 0 Å². The van der Waals surface area contributed by atoms with Crippen molar-refractivity contribution in [1.82, 2.24) is 4.98 Å². The second kappa shape index (κ2) is 5.48. The highest BCUT2D eigenvalue weighted by molar-refractivity contribution is 5.78. The van der Waals surface area contributed by atoms with Crippen molar-refractivity contribution >= 4 is 22.5 Å². The van der Waals surface area contributed by atoms with Crippen LogP contribution in [0.4, 0.5) is 11.5 Å². The number of aromatic nitrogens is 1. The summed E-state index contributed by atoms with van der Waals surface area (Å²) in [7, 11) is 3.97. The number of benzene rings is 1. The maximum absolute atomic E-state index is 5.91. The van der Waals surface area contributed by atoms with Gasteiger partial charge in [-0.15, -0.1) is 0 Å². The van der Waals surface area contributed by atoms with Crippen molar-refractivity contribution in [3.63, 3.8) is 0 Å².